The molecular weight excluding hydrogens is 266 g/mol. The molecule has 0 atom stereocenters. The van der Waals surface area contributed by atoms with Gasteiger partial charge in [0.1, 0.15) is 0 Å². The maximum atomic E-state index is 12.3. The number of anilines is 1. The lowest BCUT2D eigenvalue weighted by Gasteiger charge is -2.10. The Morgan fingerprint density at radius 1 is 1.00 bits per heavy atom. The fourth-order valence-corrected chi connectivity index (χ4v) is 2.25. The minimum atomic E-state index is -0.873. The first-order valence-corrected chi connectivity index (χ1v) is 6.65. The molecule has 4 nitrogen and oxygen atoms in total. The predicted octanol–water partition coefficient (Wildman–Crippen LogP) is 3.18. The summed E-state index contributed by atoms with van der Waals surface area (Å²) in [6.45, 7) is 3.80. The number of aryl methyl sites for hydroxylation is 2. The summed E-state index contributed by atoms with van der Waals surface area (Å²) >= 11 is 0. The Balaban J connectivity index is 2.14. The minimum Gasteiger partial charge on any atom is -0.481 e. The Morgan fingerprint density at radius 2 is 1.57 bits per heavy atom. The van der Waals surface area contributed by atoms with Gasteiger partial charge in [-0.05, 0) is 42.7 Å². The number of benzene rings is 2. The lowest BCUT2D eigenvalue weighted by Crippen LogP contribution is -2.15. The van der Waals surface area contributed by atoms with Gasteiger partial charge in [-0.1, -0.05) is 30.3 Å². The van der Waals surface area contributed by atoms with E-state index in [4.69, 9.17) is 5.11 Å². The third kappa shape index (κ3) is 3.69. The molecule has 0 aliphatic heterocycles. The van der Waals surface area contributed by atoms with E-state index in [9.17, 15) is 9.59 Å². The van der Waals surface area contributed by atoms with Crippen molar-refractivity contribution < 1.29 is 14.7 Å². The molecule has 0 heterocycles. The molecule has 0 bridgehead atoms. The van der Waals surface area contributed by atoms with Crippen LogP contribution in [0.15, 0.2) is 42.5 Å². The van der Waals surface area contributed by atoms with Gasteiger partial charge in [0.05, 0.1) is 6.42 Å². The van der Waals surface area contributed by atoms with E-state index in [0.29, 0.717) is 16.8 Å². The summed E-state index contributed by atoms with van der Waals surface area (Å²) in [6.07, 6.45) is -0.0227. The van der Waals surface area contributed by atoms with E-state index >= 15 is 0 Å². The molecule has 0 saturated carbocycles. The van der Waals surface area contributed by atoms with Crippen LogP contribution >= 0.6 is 0 Å². The Kier molecular flexibility index (Phi) is 4.38. The topological polar surface area (TPSA) is 66.4 Å². The summed E-state index contributed by atoms with van der Waals surface area (Å²) in [6, 6.07) is 12.5. The quantitative estimate of drug-likeness (QED) is 0.905. The smallest absolute Gasteiger partial charge is 0.307 e. The van der Waals surface area contributed by atoms with E-state index in [1.165, 1.54) is 0 Å². The summed E-state index contributed by atoms with van der Waals surface area (Å²) in [7, 11) is 0. The first kappa shape index (κ1) is 14.8. The highest BCUT2D eigenvalue weighted by molar-refractivity contribution is 6.06. The van der Waals surface area contributed by atoms with E-state index < -0.39 is 5.97 Å². The summed E-state index contributed by atoms with van der Waals surface area (Å²) in [4.78, 5) is 22.9. The van der Waals surface area contributed by atoms with Crippen molar-refractivity contribution in [2.75, 3.05) is 5.32 Å². The van der Waals surface area contributed by atoms with Crippen molar-refractivity contribution in [2.24, 2.45) is 0 Å². The summed E-state index contributed by atoms with van der Waals surface area (Å²) in [5, 5.41) is 11.6. The van der Waals surface area contributed by atoms with Crippen molar-refractivity contribution in [3.05, 3.63) is 64.7 Å². The van der Waals surface area contributed by atoms with Gasteiger partial charge in [0, 0.05) is 11.3 Å². The van der Waals surface area contributed by atoms with Crippen LogP contribution in [0.5, 0.6) is 0 Å². The van der Waals surface area contributed by atoms with Gasteiger partial charge in [-0.3, -0.25) is 9.59 Å². The highest BCUT2D eigenvalue weighted by Crippen LogP contribution is 2.17. The van der Waals surface area contributed by atoms with Crippen LogP contribution < -0.4 is 5.32 Å². The molecule has 2 rings (SSSR count). The molecule has 2 aromatic carbocycles. The van der Waals surface area contributed by atoms with Gasteiger partial charge in [-0.15, -0.1) is 0 Å². The Morgan fingerprint density at radius 3 is 2.10 bits per heavy atom. The zero-order valence-corrected chi connectivity index (χ0v) is 12.0. The highest BCUT2D eigenvalue weighted by Gasteiger charge is 2.12. The molecule has 1 amide bonds. The van der Waals surface area contributed by atoms with Crippen LogP contribution in [0.4, 0.5) is 5.69 Å². The van der Waals surface area contributed by atoms with Crippen LogP contribution in [0.2, 0.25) is 0 Å². The van der Waals surface area contributed by atoms with Crippen molar-refractivity contribution in [3.63, 3.8) is 0 Å². The number of carboxylic acid groups (broad SMARTS) is 1. The van der Waals surface area contributed by atoms with E-state index in [0.717, 1.165) is 11.1 Å². The number of carbonyl (C=O) groups excluding carboxylic acids is 1. The monoisotopic (exact) mass is 283 g/mol. The molecule has 0 aliphatic rings. The van der Waals surface area contributed by atoms with Gasteiger partial charge in [-0.25, -0.2) is 0 Å². The molecular formula is C17H17NO3. The average Bonchev–Trinajstić information content (AvgIpc) is 2.40. The van der Waals surface area contributed by atoms with E-state index in [2.05, 4.69) is 5.32 Å². The molecule has 0 aliphatic carbocycles. The van der Waals surface area contributed by atoms with Crippen LogP contribution in [0.25, 0.3) is 0 Å². The number of nitrogens with one attached hydrogen (secondary N) is 1. The number of hydrogen-bond acceptors (Lipinski definition) is 2. The van der Waals surface area contributed by atoms with Crippen LogP contribution in [0, 0.1) is 13.8 Å². The second kappa shape index (κ2) is 6.22. The molecule has 2 aromatic rings. The zero-order chi connectivity index (χ0) is 15.4. The van der Waals surface area contributed by atoms with Crippen molar-refractivity contribution in [2.45, 2.75) is 20.3 Å². The van der Waals surface area contributed by atoms with Crippen molar-refractivity contribution >= 4 is 17.6 Å². The van der Waals surface area contributed by atoms with E-state index in [-0.39, 0.29) is 12.3 Å². The SMILES string of the molecule is Cc1cccc(C)c1C(=O)Nc1ccc(CC(=O)O)cc1. The summed E-state index contributed by atoms with van der Waals surface area (Å²) < 4.78 is 0. The Hall–Kier alpha value is -2.62. The molecule has 21 heavy (non-hydrogen) atoms. The standard InChI is InChI=1S/C17H17NO3/c1-11-4-3-5-12(2)16(11)17(21)18-14-8-6-13(7-9-14)10-15(19)20/h3-9H,10H2,1-2H3,(H,18,21)(H,19,20). The van der Waals surface area contributed by atoms with Crippen molar-refractivity contribution in [1.82, 2.24) is 0 Å². The summed E-state index contributed by atoms with van der Waals surface area (Å²) in [5.41, 5.74) is 3.88. The maximum absolute atomic E-state index is 12.3. The number of carboxylic acids is 1. The van der Waals surface area contributed by atoms with E-state index in [1.54, 1.807) is 24.3 Å². The highest BCUT2D eigenvalue weighted by atomic mass is 16.4. The number of hydrogen-bond donors (Lipinski definition) is 2. The number of aliphatic carboxylic acids is 1. The first-order chi connectivity index (χ1) is 9.97. The third-order valence-electron chi connectivity index (χ3n) is 3.28. The second-order valence-corrected chi connectivity index (χ2v) is 4.99. The van der Waals surface area contributed by atoms with Gasteiger partial charge in [-0.2, -0.15) is 0 Å². The van der Waals surface area contributed by atoms with E-state index in [1.807, 2.05) is 32.0 Å². The maximum Gasteiger partial charge on any atom is 0.307 e. The summed E-state index contributed by atoms with van der Waals surface area (Å²) in [5.74, 6) is -1.03. The fraction of sp³-hybridized carbons (Fsp3) is 0.176. The number of amides is 1. The molecule has 0 aromatic heterocycles. The van der Waals surface area contributed by atoms with Crippen molar-refractivity contribution in [1.29, 1.82) is 0 Å². The Labute approximate surface area is 123 Å². The van der Waals surface area contributed by atoms with Crippen LogP contribution in [0.3, 0.4) is 0 Å². The molecule has 0 radical (unpaired) electrons. The molecule has 108 valence electrons. The van der Waals surface area contributed by atoms with Gasteiger partial charge >= 0.3 is 5.97 Å². The number of carbonyl (C=O) groups is 2. The largest absolute Gasteiger partial charge is 0.481 e. The van der Waals surface area contributed by atoms with Gasteiger partial charge in [0.2, 0.25) is 0 Å². The molecule has 0 fully saturated rings. The first-order valence-electron chi connectivity index (χ1n) is 6.65. The lowest BCUT2D eigenvalue weighted by atomic mass is 10.0. The van der Waals surface area contributed by atoms with Crippen LogP contribution in [-0.4, -0.2) is 17.0 Å². The Bertz CT molecular complexity index is 655. The van der Waals surface area contributed by atoms with Gasteiger partial charge < -0.3 is 10.4 Å². The average molecular weight is 283 g/mol. The molecule has 4 heteroatoms. The molecule has 0 spiro atoms. The third-order valence-corrected chi connectivity index (χ3v) is 3.28. The second-order valence-electron chi connectivity index (χ2n) is 4.99. The fourth-order valence-electron chi connectivity index (χ4n) is 2.25. The van der Waals surface area contributed by atoms with Gasteiger partial charge in [0.15, 0.2) is 0 Å². The number of rotatable bonds is 4. The molecule has 0 saturated heterocycles. The minimum absolute atomic E-state index is 0.0227. The normalized spacial score (nSPS) is 10.2. The molecule has 0 unspecified atom stereocenters. The molecule has 2 N–H and O–H groups in total. The van der Waals surface area contributed by atoms with Crippen molar-refractivity contribution in [3.8, 4) is 0 Å². The van der Waals surface area contributed by atoms with Crippen LogP contribution in [0.1, 0.15) is 27.0 Å². The zero-order valence-electron chi connectivity index (χ0n) is 12.0. The predicted molar refractivity (Wildman–Crippen MR) is 81.7 cm³/mol. The van der Waals surface area contributed by atoms with Crippen LogP contribution in [-0.2, 0) is 11.2 Å². The van der Waals surface area contributed by atoms with Gasteiger partial charge in [0.25, 0.3) is 5.91 Å². The lowest BCUT2D eigenvalue weighted by molar-refractivity contribution is -0.136.